The second kappa shape index (κ2) is 6.84. The van der Waals surface area contributed by atoms with Gasteiger partial charge >= 0.3 is 0 Å². The molecule has 0 saturated carbocycles. The van der Waals surface area contributed by atoms with E-state index in [9.17, 15) is 9.90 Å². The van der Waals surface area contributed by atoms with Gasteiger partial charge in [0.05, 0.1) is 12.7 Å². The Labute approximate surface area is 117 Å². The van der Waals surface area contributed by atoms with E-state index in [4.69, 9.17) is 5.11 Å². The Balaban J connectivity index is 2.03. The van der Waals surface area contributed by atoms with E-state index in [0.29, 0.717) is 11.1 Å². The van der Waals surface area contributed by atoms with Crippen LogP contribution in [0.15, 0.2) is 54.6 Å². The van der Waals surface area contributed by atoms with Crippen molar-refractivity contribution in [3.05, 3.63) is 65.7 Å². The standard InChI is InChI=1S/C16H17NO3/c18-11-15(19)10-17-14-8-6-13(7-9-14)16(20)12-4-2-1-3-5-12/h1-9,15,17-19H,10-11H2. The van der Waals surface area contributed by atoms with Crippen LogP contribution in [0.25, 0.3) is 0 Å². The van der Waals surface area contributed by atoms with E-state index in [1.807, 2.05) is 18.2 Å². The van der Waals surface area contributed by atoms with E-state index in [1.54, 1.807) is 36.4 Å². The van der Waals surface area contributed by atoms with Crippen LogP contribution >= 0.6 is 0 Å². The Bertz CT molecular complexity index is 552. The van der Waals surface area contributed by atoms with Crippen molar-refractivity contribution in [1.29, 1.82) is 0 Å². The summed E-state index contributed by atoms with van der Waals surface area (Å²) < 4.78 is 0. The summed E-state index contributed by atoms with van der Waals surface area (Å²) in [5.74, 6) is -0.0208. The molecular weight excluding hydrogens is 254 g/mol. The van der Waals surface area contributed by atoms with E-state index in [-0.39, 0.29) is 18.9 Å². The molecule has 2 aromatic carbocycles. The van der Waals surface area contributed by atoms with Crippen LogP contribution in [0.5, 0.6) is 0 Å². The summed E-state index contributed by atoms with van der Waals surface area (Å²) in [5, 5.41) is 20.9. The van der Waals surface area contributed by atoms with E-state index in [2.05, 4.69) is 5.32 Å². The Morgan fingerprint density at radius 3 is 2.20 bits per heavy atom. The van der Waals surface area contributed by atoms with E-state index in [1.165, 1.54) is 0 Å². The number of aliphatic hydroxyl groups excluding tert-OH is 2. The maximum absolute atomic E-state index is 12.2. The van der Waals surface area contributed by atoms with Crippen molar-refractivity contribution in [3.8, 4) is 0 Å². The monoisotopic (exact) mass is 271 g/mol. The third-order valence-corrected chi connectivity index (χ3v) is 2.94. The number of benzene rings is 2. The average molecular weight is 271 g/mol. The summed E-state index contributed by atoms with van der Waals surface area (Å²) in [7, 11) is 0. The number of nitrogens with one attached hydrogen (secondary N) is 1. The minimum Gasteiger partial charge on any atom is -0.394 e. The number of hydrogen-bond donors (Lipinski definition) is 3. The van der Waals surface area contributed by atoms with Crippen molar-refractivity contribution in [2.45, 2.75) is 6.10 Å². The highest BCUT2D eigenvalue weighted by atomic mass is 16.3. The Morgan fingerprint density at radius 1 is 1.00 bits per heavy atom. The van der Waals surface area contributed by atoms with Gasteiger partial charge in [-0.3, -0.25) is 4.79 Å². The van der Waals surface area contributed by atoms with Crippen LogP contribution in [0.3, 0.4) is 0 Å². The van der Waals surface area contributed by atoms with E-state index >= 15 is 0 Å². The maximum atomic E-state index is 12.2. The lowest BCUT2D eigenvalue weighted by molar-refractivity contribution is 0.103. The first-order valence-corrected chi connectivity index (χ1v) is 6.43. The SMILES string of the molecule is O=C(c1ccccc1)c1ccc(NCC(O)CO)cc1. The van der Waals surface area contributed by atoms with Crippen LogP contribution in [0, 0.1) is 0 Å². The van der Waals surface area contributed by atoms with Crippen LogP contribution in [0.2, 0.25) is 0 Å². The fourth-order valence-electron chi connectivity index (χ4n) is 1.80. The third kappa shape index (κ3) is 3.66. The highest BCUT2D eigenvalue weighted by Gasteiger charge is 2.08. The molecule has 0 saturated heterocycles. The summed E-state index contributed by atoms with van der Waals surface area (Å²) in [6, 6.07) is 16.1. The quantitative estimate of drug-likeness (QED) is 0.699. The highest BCUT2D eigenvalue weighted by molar-refractivity contribution is 6.09. The van der Waals surface area contributed by atoms with Crippen LogP contribution < -0.4 is 5.32 Å². The second-order valence-corrected chi connectivity index (χ2v) is 4.49. The maximum Gasteiger partial charge on any atom is 0.193 e. The molecule has 2 rings (SSSR count). The molecule has 0 aliphatic heterocycles. The summed E-state index contributed by atoms with van der Waals surface area (Å²) in [5.41, 5.74) is 2.07. The molecule has 0 heterocycles. The van der Waals surface area contributed by atoms with Crippen LogP contribution in [0.4, 0.5) is 5.69 Å². The van der Waals surface area contributed by atoms with Gasteiger partial charge in [-0.15, -0.1) is 0 Å². The molecule has 0 bridgehead atoms. The first kappa shape index (κ1) is 14.2. The zero-order chi connectivity index (χ0) is 14.4. The molecule has 4 nitrogen and oxygen atoms in total. The number of anilines is 1. The molecule has 0 amide bonds. The number of aliphatic hydroxyl groups is 2. The van der Waals surface area contributed by atoms with Crippen molar-refractivity contribution in [3.63, 3.8) is 0 Å². The van der Waals surface area contributed by atoms with Gasteiger partial charge in [0, 0.05) is 23.4 Å². The van der Waals surface area contributed by atoms with Crippen molar-refractivity contribution in [2.75, 3.05) is 18.5 Å². The van der Waals surface area contributed by atoms with E-state index < -0.39 is 6.10 Å². The third-order valence-electron chi connectivity index (χ3n) is 2.94. The second-order valence-electron chi connectivity index (χ2n) is 4.49. The molecule has 0 spiro atoms. The predicted molar refractivity (Wildman–Crippen MR) is 77.9 cm³/mol. The normalized spacial score (nSPS) is 11.9. The molecule has 4 heteroatoms. The number of carbonyl (C=O) groups excluding carboxylic acids is 1. The van der Waals surface area contributed by atoms with Gasteiger partial charge in [0.2, 0.25) is 0 Å². The molecule has 0 radical (unpaired) electrons. The van der Waals surface area contributed by atoms with Gasteiger partial charge in [0.25, 0.3) is 0 Å². The summed E-state index contributed by atoms with van der Waals surface area (Å²) in [6.07, 6.45) is -0.791. The number of hydrogen-bond acceptors (Lipinski definition) is 4. The smallest absolute Gasteiger partial charge is 0.193 e. The molecule has 0 aliphatic carbocycles. The van der Waals surface area contributed by atoms with Crippen molar-refractivity contribution in [2.24, 2.45) is 0 Å². The zero-order valence-electron chi connectivity index (χ0n) is 11.0. The molecule has 0 aromatic heterocycles. The Hall–Kier alpha value is -2.17. The molecule has 0 fully saturated rings. The summed E-state index contributed by atoms with van der Waals surface area (Å²) >= 11 is 0. The molecule has 1 atom stereocenters. The first-order valence-electron chi connectivity index (χ1n) is 6.43. The van der Waals surface area contributed by atoms with Crippen molar-refractivity contribution < 1.29 is 15.0 Å². The highest BCUT2D eigenvalue weighted by Crippen LogP contribution is 2.13. The van der Waals surface area contributed by atoms with Gasteiger partial charge in [-0.05, 0) is 24.3 Å². The minimum absolute atomic E-state index is 0.0208. The molecule has 0 aliphatic rings. The molecule has 3 N–H and O–H groups in total. The molecule has 1 unspecified atom stereocenters. The van der Waals surface area contributed by atoms with Crippen LogP contribution in [-0.4, -0.2) is 35.3 Å². The van der Waals surface area contributed by atoms with Crippen molar-refractivity contribution in [1.82, 2.24) is 0 Å². The lowest BCUT2D eigenvalue weighted by atomic mass is 10.0. The van der Waals surface area contributed by atoms with Crippen LogP contribution in [0.1, 0.15) is 15.9 Å². The van der Waals surface area contributed by atoms with Gasteiger partial charge in [0.1, 0.15) is 0 Å². The number of ketones is 1. The fraction of sp³-hybridized carbons (Fsp3) is 0.188. The topological polar surface area (TPSA) is 69.6 Å². The van der Waals surface area contributed by atoms with Gasteiger partial charge in [0.15, 0.2) is 5.78 Å². The number of rotatable bonds is 6. The van der Waals surface area contributed by atoms with Gasteiger partial charge in [-0.2, -0.15) is 0 Å². The Kier molecular flexibility index (Phi) is 4.87. The van der Waals surface area contributed by atoms with Crippen molar-refractivity contribution >= 4 is 11.5 Å². The molecular formula is C16H17NO3. The Morgan fingerprint density at radius 2 is 1.60 bits per heavy atom. The van der Waals surface area contributed by atoms with Crippen LogP contribution in [-0.2, 0) is 0 Å². The molecule has 2 aromatic rings. The lowest BCUT2D eigenvalue weighted by Crippen LogP contribution is -2.22. The zero-order valence-corrected chi connectivity index (χ0v) is 11.0. The van der Waals surface area contributed by atoms with E-state index in [0.717, 1.165) is 5.69 Å². The van der Waals surface area contributed by atoms with Gasteiger partial charge < -0.3 is 15.5 Å². The lowest BCUT2D eigenvalue weighted by Gasteiger charge is -2.10. The minimum atomic E-state index is -0.791. The largest absolute Gasteiger partial charge is 0.394 e. The average Bonchev–Trinajstić information content (AvgIpc) is 2.53. The number of carbonyl (C=O) groups is 1. The first-order chi connectivity index (χ1) is 9.70. The fourth-order valence-corrected chi connectivity index (χ4v) is 1.80. The van der Waals surface area contributed by atoms with Gasteiger partial charge in [-0.25, -0.2) is 0 Å². The summed E-state index contributed by atoms with van der Waals surface area (Å²) in [6.45, 7) is -0.0138. The molecule has 104 valence electrons. The predicted octanol–water partition coefficient (Wildman–Crippen LogP) is 1.68. The molecule has 20 heavy (non-hydrogen) atoms. The summed E-state index contributed by atoms with van der Waals surface area (Å²) in [4.78, 5) is 12.2. The van der Waals surface area contributed by atoms with Gasteiger partial charge in [-0.1, -0.05) is 30.3 Å².